The van der Waals surface area contributed by atoms with Gasteiger partial charge in [0.15, 0.2) is 0 Å². The molecule has 3 nitrogen and oxygen atoms in total. The molecule has 0 spiro atoms. The van der Waals surface area contributed by atoms with Crippen LogP contribution in [-0.2, 0) is 4.74 Å². The van der Waals surface area contributed by atoms with E-state index >= 15 is 0 Å². The van der Waals surface area contributed by atoms with Crippen LogP contribution in [0.2, 0.25) is 0 Å². The first kappa shape index (κ1) is 14.0. The summed E-state index contributed by atoms with van der Waals surface area (Å²) >= 11 is 3.35. The van der Waals surface area contributed by atoms with Crippen molar-refractivity contribution in [3.63, 3.8) is 0 Å². The van der Waals surface area contributed by atoms with E-state index < -0.39 is 0 Å². The predicted molar refractivity (Wildman–Crippen MR) is 73.1 cm³/mol. The lowest BCUT2D eigenvalue weighted by atomic mass is 10.1. The Bertz CT molecular complexity index is 405. The molecule has 1 aromatic carbocycles. The van der Waals surface area contributed by atoms with E-state index in [4.69, 9.17) is 10.5 Å². The highest BCUT2D eigenvalue weighted by molar-refractivity contribution is 9.10. The number of ether oxygens (including phenoxy) is 1. The molecule has 0 saturated heterocycles. The maximum atomic E-state index is 11.8. The summed E-state index contributed by atoms with van der Waals surface area (Å²) in [4.78, 5) is 11.8. The van der Waals surface area contributed by atoms with Crippen LogP contribution in [0.25, 0.3) is 0 Å². The van der Waals surface area contributed by atoms with Crippen LogP contribution in [0.1, 0.15) is 42.1 Å². The lowest BCUT2D eigenvalue weighted by Gasteiger charge is -2.09. The molecule has 1 rings (SSSR count). The second-order valence-electron chi connectivity index (χ2n) is 4.03. The van der Waals surface area contributed by atoms with Gasteiger partial charge in [-0.15, -0.1) is 0 Å². The number of nitrogen functional groups attached to an aromatic ring is 1. The molecule has 0 heterocycles. The van der Waals surface area contributed by atoms with E-state index in [1.54, 1.807) is 6.07 Å². The highest BCUT2D eigenvalue weighted by Gasteiger charge is 2.13. The van der Waals surface area contributed by atoms with Crippen molar-refractivity contribution in [1.82, 2.24) is 0 Å². The van der Waals surface area contributed by atoms with Crippen LogP contribution >= 0.6 is 15.9 Å². The number of nitrogens with two attached hydrogens (primary N) is 1. The molecule has 0 fully saturated rings. The molecule has 0 aliphatic heterocycles. The maximum Gasteiger partial charge on any atom is 0.340 e. The Labute approximate surface area is 110 Å². The van der Waals surface area contributed by atoms with Gasteiger partial charge in [-0.2, -0.15) is 0 Å². The van der Waals surface area contributed by atoms with Crippen LogP contribution in [0.3, 0.4) is 0 Å². The third kappa shape index (κ3) is 4.04. The molecular formula is C13H18BrNO2. The molecular weight excluding hydrogens is 282 g/mol. The minimum atomic E-state index is -0.344. The molecule has 0 aliphatic rings. The van der Waals surface area contributed by atoms with Crippen molar-refractivity contribution >= 4 is 27.6 Å². The van der Waals surface area contributed by atoms with Crippen molar-refractivity contribution in [2.75, 3.05) is 12.3 Å². The van der Waals surface area contributed by atoms with Crippen molar-refractivity contribution in [3.05, 3.63) is 27.7 Å². The van der Waals surface area contributed by atoms with Gasteiger partial charge >= 0.3 is 5.97 Å². The molecule has 0 unspecified atom stereocenters. The fraction of sp³-hybridized carbons (Fsp3) is 0.462. The Morgan fingerprint density at radius 1 is 1.41 bits per heavy atom. The number of carbonyl (C=O) groups excluding carboxylic acids is 1. The van der Waals surface area contributed by atoms with Crippen molar-refractivity contribution < 1.29 is 9.53 Å². The van der Waals surface area contributed by atoms with Gasteiger partial charge in [0, 0.05) is 10.2 Å². The van der Waals surface area contributed by atoms with Gasteiger partial charge in [0.1, 0.15) is 0 Å². The van der Waals surface area contributed by atoms with Crippen LogP contribution in [0.15, 0.2) is 16.6 Å². The number of hydrogen-bond donors (Lipinski definition) is 1. The third-order valence-corrected chi connectivity index (χ3v) is 3.01. The van der Waals surface area contributed by atoms with Crippen molar-refractivity contribution in [3.8, 4) is 0 Å². The normalized spacial score (nSPS) is 10.3. The van der Waals surface area contributed by atoms with Gasteiger partial charge in [-0.3, -0.25) is 0 Å². The highest BCUT2D eigenvalue weighted by Crippen LogP contribution is 2.23. The van der Waals surface area contributed by atoms with E-state index in [0.717, 1.165) is 29.3 Å². The predicted octanol–water partition coefficient (Wildman–Crippen LogP) is 3.69. The second-order valence-corrected chi connectivity index (χ2v) is 4.94. The summed E-state index contributed by atoms with van der Waals surface area (Å²) in [6.45, 7) is 4.43. The van der Waals surface area contributed by atoms with E-state index in [9.17, 15) is 4.79 Å². The summed E-state index contributed by atoms with van der Waals surface area (Å²) in [7, 11) is 0. The summed E-state index contributed by atoms with van der Waals surface area (Å²) < 4.78 is 6.02. The molecule has 0 bridgehead atoms. The SMILES string of the molecule is CCCCCOC(=O)c1cc(Br)cc(C)c1N. The molecule has 4 heteroatoms. The van der Waals surface area contributed by atoms with Crippen molar-refractivity contribution in [2.24, 2.45) is 0 Å². The molecule has 0 amide bonds. The van der Waals surface area contributed by atoms with Gasteiger partial charge in [-0.1, -0.05) is 35.7 Å². The number of halogens is 1. The first-order valence-electron chi connectivity index (χ1n) is 5.79. The summed E-state index contributed by atoms with van der Waals surface area (Å²) in [5, 5.41) is 0. The molecule has 0 saturated carbocycles. The molecule has 2 N–H and O–H groups in total. The van der Waals surface area contributed by atoms with Crippen molar-refractivity contribution in [1.29, 1.82) is 0 Å². The van der Waals surface area contributed by atoms with Crippen LogP contribution in [0, 0.1) is 6.92 Å². The fourth-order valence-electron chi connectivity index (χ4n) is 1.52. The number of hydrogen-bond acceptors (Lipinski definition) is 3. The number of aryl methyl sites for hydroxylation is 1. The Morgan fingerprint density at radius 3 is 2.76 bits per heavy atom. The fourth-order valence-corrected chi connectivity index (χ4v) is 2.09. The van der Waals surface area contributed by atoms with E-state index in [1.807, 2.05) is 13.0 Å². The van der Waals surface area contributed by atoms with E-state index in [-0.39, 0.29) is 5.97 Å². The molecule has 0 aliphatic carbocycles. The molecule has 17 heavy (non-hydrogen) atoms. The number of anilines is 1. The molecule has 1 aromatic rings. The van der Waals surface area contributed by atoms with Gasteiger partial charge in [0.25, 0.3) is 0 Å². The monoisotopic (exact) mass is 299 g/mol. The molecule has 94 valence electrons. The average molecular weight is 300 g/mol. The number of benzene rings is 1. The quantitative estimate of drug-likeness (QED) is 0.512. The lowest BCUT2D eigenvalue weighted by Crippen LogP contribution is -2.10. The maximum absolute atomic E-state index is 11.8. The Hall–Kier alpha value is -1.03. The van der Waals surface area contributed by atoms with E-state index in [1.165, 1.54) is 0 Å². The van der Waals surface area contributed by atoms with Crippen LogP contribution in [0.5, 0.6) is 0 Å². The summed E-state index contributed by atoms with van der Waals surface area (Å²) in [6, 6.07) is 3.58. The topological polar surface area (TPSA) is 52.3 Å². The van der Waals surface area contributed by atoms with Gasteiger partial charge < -0.3 is 10.5 Å². The number of carbonyl (C=O) groups is 1. The molecule has 0 radical (unpaired) electrons. The Kier molecular flexibility index (Phi) is 5.48. The van der Waals surface area contributed by atoms with E-state index in [0.29, 0.717) is 17.9 Å². The second kappa shape index (κ2) is 6.64. The zero-order valence-corrected chi connectivity index (χ0v) is 11.8. The Balaban J connectivity index is 2.69. The van der Waals surface area contributed by atoms with Crippen LogP contribution in [0.4, 0.5) is 5.69 Å². The largest absolute Gasteiger partial charge is 0.462 e. The van der Waals surface area contributed by atoms with Gasteiger partial charge in [-0.05, 0) is 31.0 Å². The van der Waals surface area contributed by atoms with Crippen LogP contribution < -0.4 is 5.73 Å². The van der Waals surface area contributed by atoms with Crippen LogP contribution in [-0.4, -0.2) is 12.6 Å². The third-order valence-electron chi connectivity index (χ3n) is 2.55. The molecule has 0 aromatic heterocycles. The number of esters is 1. The first-order valence-corrected chi connectivity index (χ1v) is 6.58. The smallest absolute Gasteiger partial charge is 0.340 e. The van der Waals surface area contributed by atoms with Gasteiger partial charge in [-0.25, -0.2) is 4.79 Å². The highest BCUT2D eigenvalue weighted by atomic mass is 79.9. The van der Waals surface area contributed by atoms with E-state index in [2.05, 4.69) is 22.9 Å². The van der Waals surface area contributed by atoms with Crippen molar-refractivity contribution in [2.45, 2.75) is 33.1 Å². The minimum Gasteiger partial charge on any atom is -0.462 e. The van der Waals surface area contributed by atoms with Gasteiger partial charge in [0.2, 0.25) is 0 Å². The number of rotatable bonds is 5. The molecule has 0 atom stereocenters. The summed E-state index contributed by atoms with van der Waals surface area (Å²) in [5.41, 5.74) is 7.67. The summed E-state index contributed by atoms with van der Waals surface area (Å²) in [6.07, 6.45) is 3.07. The first-order chi connectivity index (χ1) is 8.06. The zero-order valence-electron chi connectivity index (χ0n) is 10.3. The minimum absolute atomic E-state index is 0.344. The zero-order chi connectivity index (χ0) is 12.8. The Morgan fingerprint density at radius 2 is 2.12 bits per heavy atom. The average Bonchev–Trinajstić information content (AvgIpc) is 2.29. The standard InChI is InChI=1S/C13H18BrNO2/c1-3-4-5-6-17-13(16)11-8-10(14)7-9(2)12(11)15/h7-8H,3-6,15H2,1-2H3. The van der Waals surface area contributed by atoms with Gasteiger partial charge in [0.05, 0.1) is 12.2 Å². The summed E-state index contributed by atoms with van der Waals surface area (Å²) in [5.74, 6) is -0.344. The lowest BCUT2D eigenvalue weighted by molar-refractivity contribution is 0.0499. The number of unbranched alkanes of at least 4 members (excludes halogenated alkanes) is 2.